The lowest BCUT2D eigenvalue weighted by atomic mass is 10.1. The van der Waals surface area contributed by atoms with Crippen LogP contribution < -0.4 is 5.56 Å². The van der Waals surface area contributed by atoms with Crippen molar-refractivity contribution in [3.05, 3.63) is 70.1 Å². The number of hydrogen-bond acceptors (Lipinski definition) is 3. The third-order valence-electron chi connectivity index (χ3n) is 3.08. The first-order chi connectivity index (χ1) is 10.3. The van der Waals surface area contributed by atoms with Gasteiger partial charge in [0.2, 0.25) is 0 Å². The fourth-order valence-electron chi connectivity index (χ4n) is 2.03. The molecule has 0 spiro atoms. The van der Waals surface area contributed by atoms with Crippen molar-refractivity contribution in [1.82, 2.24) is 4.57 Å². The van der Waals surface area contributed by atoms with E-state index in [2.05, 4.69) is 4.74 Å². The van der Waals surface area contributed by atoms with Gasteiger partial charge in [0.25, 0.3) is 5.56 Å². The molecule has 2 aromatic rings. The van der Waals surface area contributed by atoms with Crippen LogP contribution in [0, 0.1) is 0 Å². The van der Waals surface area contributed by atoms with Gasteiger partial charge in [-0.25, -0.2) is 4.79 Å². The summed E-state index contributed by atoms with van der Waals surface area (Å²) in [5.41, 5.74) is -1.39. The maximum absolute atomic E-state index is 12.8. The number of carbonyl (C=O) groups is 1. The van der Waals surface area contributed by atoms with Gasteiger partial charge in [-0.1, -0.05) is 30.3 Å². The van der Waals surface area contributed by atoms with E-state index < -0.39 is 29.3 Å². The lowest BCUT2D eigenvalue weighted by molar-refractivity contribution is -0.144. The Labute approximate surface area is 123 Å². The van der Waals surface area contributed by atoms with Crippen molar-refractivity contribution < 1.29 is 22.7 Å². The molecule has 22 heavy (non-hydrogen) atoms. The Hall–Kier alpha value is -2.57. The molecule has 1 aromatic heterocycles. The molecule has 0 bridgehead atoms. The smallest absolute Gasteiger partial charge is 0.417 e. The van der Waals surface area contributed by atoms with Crippen LogP contribution in [0.2, 0.25) is 0 Å². The molecule has 4 nitrogen and oxygen atoms in total. The minimum absolute atomic E-state index is 0.357. The van der Waals surface area contributed by atoms with Gasteiger partial charge in [-0.15, -0.1) is 0 Å². The molecule has 0 aliphatic rings. The molecule has 0 aliphatic carbocycles. The summed E-state index contributed by atoms with van der Waals surface area (Å²) in [6.45, 7) is 0. The summed E-state index contributed by atoms with van der Waals surface area (Å²) in [4.78, 5) is 23.9. The Morgan fingerprint density at radius 3 is 2.32 bits per heavy atom. The second-order valence-corrected chi connectivity index (χ2v) is 4.50. The van der Waals surface area contributed by atoms with Crippen molar-refractivity contribution in [2.24, 2.45) is 0 Å². The van der Waals surface area contributed by atoms with Crippen LogP contribution in [0.1, 0.15) is 17.2 Å². The Bertz CT molecular complexity index is 723. The summed E-state index contributed by atoms with van der Waals surface area (Å²) in [7, 11) is 1.11. The third kappa shape index (κ3) is 3.19. The van der Waals surface area contributed by atoms with Crippen molar-refractivity contribution in [2.45, 2.75) is 12.2 Å². The number of ether oxygens (including phenoxy) is 1. The standard InChI is InChI=1S/C15H12F3NO3/c1-22-14(21)13(10-5-3-2-4-6-10)19-9-11(15(16,17)18)7-8-12(19)20/h2-9,13H,1H3. The lowest BCUT2D eigenvalue weighted by Gasteiger charge is -2.19. The summed E-state index contributed by atoms with van der Waals surface area (Å²) < 4.78 is 43.8. The molecule has 0 saturated carbocycles. The quantitative estimate of drug-likeness (QED) is 0.819. The summed E-state index contributed by atoms with van der Waals surface area (Å²) in [6, 6.07) is 8.17. The first-order valence-electron chi connectivity index (χ1n) is 6.26. The van der Waals surface area contributed by atoms with E-state index in [-0.39, 0.29) is 0 Å². The monoisotopic (exact) mass is 311 g/mol. The van der Waals surface area contributed by atoms with Crippen LogP contribution in [0.5, 0.6) is 0 Å². The number of methoxy groups -OCH3 is 1. The first-order valence-corrected chi connectivity index (χ1v) is 6.26. The highest BCUT2D eigenvalue weighted by molar-refractivity contribution is 5.78. The summed E-state index contributed by atoms with van der Waals surface area (Å²) in [5.74, 6) is -0.826. The van der Waals surface area contributed by atoms with E-state index in [1.165, 1.54) is 12.1 Å². The van der Waals surface area contributed by atoms with Gasteiger partial charge in [0.05, 0.1) is 12.7 Å². The van der Waals surface area contributed by atoms with Crippen molar-refractivity contribution in [2.75, 3.05) is 7.11 Å². The maximum Gasteiger partial charge on any atom is 0.417 e. The average Bonchev–Trinajstić information content (AvgIpc) is 2.49. The highest BCUT2D eigenvalue weighted by atomic mass is 19.4. The average molecular weight is 311 g/mol. The number of aromatic nitrogens is 1. The molecule has 7 heteroatoms. The van der Waals surface area contributed by atoms with Crippen LogP contribution in [0.3, 0.4) is 0 Å². The molecule has 0 aliphatic heterocycles. The van der Waals surface area contributed by atoms with Gasteiger partial charge in [-0.05, 0) is 11.6 Å². The maximum atomic E-state index is 12.8. The molecule has 0 amide bonds. The molecule has 0 saturated heterocycles. The van der Waals surface area contributed by atoms with Crippen molar-refractivity contribution in [3.63, 3.8) is 0 Å². The van der Waals surface area contributed by atoms with E-state index in [1.807, 2.05) is 0 Å². The van der Waals surface area contributed by atoms with Crippen LogP contribution in [-0.2, 0) is 15.7 Å². The SMILES string of the molecule is COC(=O)C(c1ccccc1)n1cc(C(F)(F)F)ccc1=O. The van der Waals surface area contributed by atoms with Crippen LogP contribution in [0.25, 0.3) is 0 Å². The number of halogens is 3. The summed E-state index contributed by atoms with van der Waals surface area (Å²) in [6.07, 6.45) is -4.00. The number of benzene rings is 1. The summed E-state index contributed by atoms with van der Waals surface area (Å²) in [5, 5.41) is 0. The molecule has 116 valence electrons. The molecule has 0 fully saturated rings. The largest absolute Gasteiger partial charge is 0.467 e. The normalized spacial score (nSPS) is 12.7. The molecule has 0 N–H and O–H groups in total. The minimum Gasteiger partial charge on any atom is -0.467 e. The zero-order chi connectivity index (χ0) is 16.3. The molecule has 0 radical (unpaired) electrons. The number of carbonyl (C=O) groups excluding carboxylic acids is 1. The Morgan fingerprint density at radius 2 is 1.77 bits per heavy atom. The van der Waals surface area contributed by atoms with Crippen molar-refractivity contribution in [1.29, 1.82) is 0 Å². The van der Waals surface area contributed by atoms with E-state index in [4.69, 9.17) is 0 Å². The van der Waals surface area contributed by atoms with Crippen LogP contribution >= 0.6 is 0 Å². The minimum atomic E-state index is -4.62. The van der Waals surface area contributed by atoms with E-state index >= 15 is 0 Å². The van der Waals surface area contributed by atoms with Crippen LogP contribution in [-0.4, -0.2) is 17.6 Å². The van der Waals surface area contributed by atoms with E-state index in [0.29, 0.717) is 17.8 Å². The number of hydrogen-bond donors (Lipinski definition) is 0. The van der Waals surface area contributed by atoms with Crippen LogP contribution in [0.4, 0.5) is 13.2 Å². The number of alkyl halides is 3. The van der Waals surface area contributed by atoms with E-state index in [9.17, 15) is 22.8 Å². The third-order valence-corrected chi connectivity index (χ3v) is 3.08. The van der Waals surface area contributed by atoms with Crippen molar-refractivity contribution >= 4 is 5.97 Å². The van der Waals surface area contributed by atoms with Gasteiger partial charge in [-0.3, -0.25) is 9.36 Å². The second kappa shape index (κ2) is 6.05. The highest BCUT2D eigenvalue weighted by Crippen LogP contribution is 2.29. The number of rotatable bonds is 3. The molecule has 1 unspecified atom stereocenters. The molecular weight excluding hydrogens is 299 g/mol. The lowest BCUT2D eigenvalue weighted by Crippen LogP contribution is -2.31. The van der Waals surface area contributed by atoms with Crippen molar-refractivity contribution in [3.8, 4) is 0 Å². The van der Waals surface area contributed by atoms with Gasteiger partial charge in [-0.2, -0.15) is 13.2 Å². The Balaban J connectivity index is 2.63. The topological polar surface area (TPSA) is 48.3 Å². The Kier molecular flexibility index (Phi) is 4.35. The van der Waals surface area contributed by atoms with Gasteiger partial charge in [0, 0.05) is 12.3 Å². The zero-order valence-electron chi connectivity index (χ0n) is 11.5. The van der Waals surface area contributed by atoms with Crippen LogP contribution in [0.15, 0.2) is 53.5 Å². The first kappa shape index (κ1) is 15.8. The fourth-order valence-corrected chi connectivity index (χ4v) is 2.03. The fraction of sp³-hybridized carbons (Fsp3) is 0.200. The molecule has 1 heterocycles. The summed E-state index contributed by atoms with van der Waals surface area (Å²) >= 11 is 0. The van der Waals surface area contributed by atoms with E-state index in [0.717, 1.165) is 17.7 Å². The molecule has 2 rings (SSSR count). The van der Waals surface area contributed by atoms with Gasteiger partial charge in [0.15, 0.2) is 6.04 Å². The number of esters is 1. The van der Waals surface area contributed by atoms with Gasteiger partial charge in [0.1, 0.15) is 0 Å². The number of nitrogens with zero attached hydrogens (tertiary/aromatic N) is 1. The van der Waals surface area contributed by atoms with E-state index in [1.54, 1.807) is 18.2 Å². The molecular formula is C15H12F3NO3. The predicted octanol–water partition coefficient (Wildman–Crippen LogP) is 2.63. The van der Waals surface area contributed by atoms with Gasteiger partial charge < -0.3 is 4.74 Å². The zero-order valence-corrected chi connectivity index (χ0v) is 11.5. The van der Waals surface area contributed by atoms with Gasteiger partial charge >= 0.3 is 12.1 Å². The predicted molar refractivity (Wildman–Crippen MR) is 72.3 cm³/mol. The Morgan fingerprint density at radius 1 is 1.14 bits per heavy atom. The molecule has 1 atom stereocenters. The highest BCUT2D eigenvalue weighted by Gasteiger charge is 2.33. The molecule has 1 aromatic carbocycles. The second-order valence-electron chi connectivity index (χ2n) is 4.50. The number of pyridine rings is 1.